The van der Waals surface area contributed by atoms with Crippen LogP contribution < -0.4 is 10.6 Å². The quantitative estimate of drug-likeness (QED) is 0.724. The zero-order valence-corrected chi connectivity index (χ0v) is 11.0. The highest BCUT2D eigenvalue weighted by atomic mass is 16.3. The van der Waals surface area contributed by atoms with Crippen LogP contribution in [0.15, 0.2) is 59.2 Å². The summed E-state index contributed by atoms with van der Waals surface area (Å²) in [5.41, 5.74) is 8.34. The maximum Gasteiger partial charge on any atom is 0.258 e. The Morgan fingerprint density at radius 1 is 1.15 bits per heavy atom. The van der Waals surface area contributed by atoms with Gasteiger partial charge in [-0.25, -0.2) is 0 Å². The first kappa shape index (κ1) is 12.3. The largest absolute Gasteiger partial charge is 0.462 e. The van der Waals surface area contributed by atoms with Crippen molar-refractivity contribution in [1.82, 2.24) is 0 Å². The van der Waals surface area contributed by atoms with Gasteiger partial charge < -0.3 is 15.1 Å². The van der Waals surface area contributed by atoms with Gasteiger partial charge in [0.15, 0.2) is 0 Å². The highest BCUT2D eigenvalue weighted by molar-refractivity contribution is 6.10. The van der Waals surface area contributed by atoms with Gasteiger partial charge in [-0.2, -0.15) is 0 Å². The van der Waals surface area contributed by atoms with E-state index in [2.05, 4.69) is 0 Å². The maximum absolute atomic E-state index is 12.5. The molecule has 3 aromatic rings. The number of amides is 1. The lowest BCUT2D eigenvalue weighted by atomic mass is 10.1. The van der Waals surface area contributed by atoms with Crippen LogP contribution >= 0.6 is 0 Å². The smallest absolute Gasteiger partial charge is 0.258 e. The molecule has 0 atom stereocenters. The molecular weight excluding hydrogens is 252 g/mol. The molecule has 3 rings (SSSR count). The predicted molar refractivity (Wildman–Crippen MR) is 79.8 cm³/mol. The minimum absolute atomic E-state index is 0.121. The molecule has 100 valence electrons. The molecule has 1 amide bonds. The van der Waals surface area contributed by atoms with E-state index in [4.69, 9.17) is 10.2 Å². The summed E-state index contributed by atoms with van der Waals surface area (Å²) >= 11 is 0. The lowest BCUT2D eigenvalue weighted by Crippen LogP contribution is -2.25. The van der Waals surface area contributed by atoms with Crippen molar-refractivity contribution < 1.29 is 9.21 Å². The molecule has 4 heteroatoms. The number of furan rings is 1. The van der Waals surface area contributed by atoms with Crippen molar-refractivity contribution in [2.75, 3.05) is 17.7 Å². The molecule has 0 radical (unpaired) electrons. The summed E-state index contributed by atoms with van der Waals surface area (Å²) < 4.78 is 5.46. The van der Waals surface area contributed by atoms with E-state index in [9.17, 15) is 4.79 Å². The Morgan fingerprint density at radius 3 is 2.75 bits per heavy atom. The summed E-state index contributed by atoms with van der Waals surface area (Å²) in [6, 6.07) is 14.6. The summed E-state index contributed by atoms with van der Waals surface area (Å²) in [7, 11) is 1.73. The molecule has 0 spiro atoms. The summed E-state index contributed by atoms with van der Waals surface area (Å²) in [6.45, 7) is 0. The Bertz CT molecular complexity index is 777. The van der Waals surface area contributed by atoms with Gasteiger partial charge in [0, 0.05) is 23.7 Å². The molecule has 4 nitrogen and oxygen atoms in total. The molecule has 0 saturated heterocycles. The Kier molecular flexibility index (Phi) is 2.91. The van der Waals surface area contributed by atoms with Crippen LogP contribution in [0.1, 0.15) is 10.4 Å². The second-order valence-electron chi connectivity index (χ2n) is 4.61. The van der Waals surface area contributed by atoms with Gasteiger partial charge in [0.2, 0.25) is 0 Å². The number of hydrogen-bond acceptors (Lipinski definition) is 3. The lowest BCUT2D eigenvalue weighted by molar-refractivity contribution is 0.0993. The number of benzene rings is 2. The topological polar surface area (TPSA) is 59.5 Å². The van der Waals surface area contributed by atoms with E-state index in [1.54, 1.807) is 42.5 Å². The first-order valence-electron chi connectivity index (χ1n) is 6.26. The lowest BCUT2D eigenvalue weighted by Gasteiger charge is -2.15. The fourth-order valence-corrected chi connectivity index (χ4v) is 2.20. The van der Waals surface area contributed by atoms with Crippen molar-refractivity contribution in [3.63, 3.8) is 0 Å². The van der Waals surface area contributed by atoms with Crippen LogP contribution in [-0.4, -0.2) is 13.0 Å². The fraction of sp³-hybridized carbons (Fsp3) is 0.0625. The zero-order valence-electron chi connectivity index (χ0n) is 11.0. The zero-order chi connectivity index (χ0) is 14.1. The first-order chi connectivity index (χ1) is 9.66. The Balaban J connectivity index is 2.00. The van der Waals surface area contributed by atoms with Gasteiger partial charge in [0.05, 0.1) is 5.69 Å². The third kappa shape index (κ3) is 2.01. The molecule has 0 saturated carbocycles. The van der Waals surface area contributed by atoms with E-state index in [0.29, 0.717) is 11.3 Å². The van der Waals surface area contributed by atoms with Crippen molar-refractivity contribution in [3.8, 4) is 0 Å². The van der Waals surface area contributed by atoms with Gasteiger partial charge in [-0.15, -0.1) is 0 Å². The van der Waals surface area contributed by atoms with Crippen LogP contribution in [-0.2, 0) is 0 Å². The van der Waals surface area contributed by atoms with Crippen LogP contribution in [0.5, 0.6) is 0 Å². The normalized spacial score (nSPS) is 10.7. The van der Waals surface area contributed by atoms with Gasteiger partial charge in [-0.05, 0) is 30.3 Å². The number of hydrogen-bond donors (Lipinski definition) is 1. The highest BCUT2D eigenvalue weighted by Crippen LogP contribution is 2.29. The summed E-state index contributed by atoms with van der Waals surface area (Å²) in [4.78, 5) is 14.0. The Hall–Kier alpha value is -2.75. The number of anilines is 2. The Morgan fingerprint density at radius 2 is 1.95 bits per heavy atom. The van der Waals surface area contributed by atoms with Crippen LogP contribution in [0.2, 0.25) is 0 Å². The van der Waals surface area contributed by atoms with E-state index in [-0.39, 0.29) is 5.91 Å². The number of para-hydroxylation sites is 1. The number of carbonyl (C=O) groups excluding carboxylic acids is 1. The third-order valence-electron chi connectivity index (χ3n) is 3.26. The van der Waals surface area contributed by atoms with Crippen molar-refractivity contribution in [1.29, 1.82) is 0 Å². The minimum Gasteiger partial charge on any atom is -0.462 e. The predicted octanol–water partition coefficient (Wildman–Crippen LogP) is 3.29. The summed E-state index contributed by atoms with van der Waals surface area (Å²) in [5, 5.41) is 0.909. The van der Waals surface area contributed by atoms with Crippen LogP contribution in [0.3, 0.4) is 0 Å². The van der Waals surface area contributed by atoms with Crippen molar-refractivity contribution in [3.05, 3.63) is 60.4 Å². The highest BCUT2D eigenvalue weighted by Gasteiger charge is 2.17. The average molecular weight is 266 g/mol. The number of nitrogen functional groups attached to an aromatic ring is 1. The van der Waals surface area contributed by atoms with Gasteiger partial charge in [-0.3, -0.25) is 4.79 Å². The van der Waals surface area contributed by atoms with E-state index in [1.165, 1.54) is 0 Å². The number of rotatable bonds is 2. The van der Waals surface area contributed by atoms with Crippen molar-refractivity contribution >= 4 is 28.3 Å². The Labute approximate surface area is 116 Å². The SMILES string of the molecule is CN(C(=O)c1cccc(N)c1)c1coc2ccccc12. The van der Waals surface area contributed by atoms with E-state index in [1.807, 2.05) is 24.3 Å². The molecule has 0 aliphatic carbocycles. The monoisotopic (exact) mass is 266 g/mol. The molecule has 1 heterocycles. The molecule has 20 heavy (non-hydrogen) atoms. The molecule has 2 N–H and O–H groups in total. The average Bonchev–Trinajstić information content (AvgIpc) is 2.89. The maximum atomic E-state index is 12.5. The van der Waals surface area contributed by atoms with Crippen LogP contribution in [0, 0.1) is 0 Å². The fourth-order valence-electron chi connectivity index (χ4n) is 2.20. The van der Waals surface area contributed by atoms with Crippen LogP contribution in [0.4, 0.5) is 11.4 Å². The third-order valence-corrected chi connectivity index (χ3v) is 3.26. The molecule has 0 aliphatic heterocycles. The second-order valence-corrected chi connectivity index (χ2v) is 4.61. The molecule has 0 bridgehead atoms. The number of fused-ring (bicyclic) bond motifs is 1. The van der Waals surface area contributed by atoms with Gasteiger partial charge in [0.25, 0.3) is 5.91 Å². The molecule has 0 fully saturated rings. The first-order valence-corrected chi connectivity index (χ1v) is 6.26. The van der Waals surface area contributed by atoms with Crippen molar-refractivity contribution in [2.24, 2.45) is 0 Å². The minimum atomic E-state index is -0.121. The summed E-state index contributed by atoms with van der Waals surface area (Å²) in [6.07, 6.45) is 1.59. The second kappa shape index (κ2) is 4.74. The van der Waals surface area contributed by atoms with Gasteiger partial charge >= 0.3 is 0 Å². The van der Waals surface area contributed by atoms with E-state index >= 15 is 0 Å². The molecular formula is C16H14N2O2. The summed E-state index contributed by atoms with van der Waals surface area (Å²) in [5.74, 6) is -0.121. The van der Waals surface area contributed by atoms with Crippen molar-refractivity contribution in [2.45, 2.75) is 0 Å². The number of carbonyl (C=O) groups is 1. The van der Waals surface area contributed by atoms with E-state index < -0.39 is 0 Å². The van der Waals surface area contributed by atoms with Crippen LogP contribution in [0.25, 0.3) is 11.0 Å². The van der Waals surface area contributed by atoms with E-state index in [0.717, 1.165) is 16.7 Å². The standard InChI is InChI=1S/C16H14N2O2/c1-18(16(19)11-5-4-6-12(17)9-11)14-10-20-15-8-3-2-7-13(14)15/h2-10H,17H2,1H3. The molecule has 0 unspecified atom stereocenters. The number of nitrogens with two attached hydrogens (primary N) is 1. The number of nitrogens with zero attached hydrogens (tertiary/aromatic N) is 1. The molecule has 1 aromatic heterocycles. The van der Waals surface area contributed by atoms with Gasteiger partial charge in [0.1, 0.15) is 11.8 Å². The van der Waals surface area contributed by atoms with Gasteiger partial charge in [-0.1, -0.05) is 18.2 Å². The molecule has 2 aromatic carbocycles. The molecule has 0 aliphatic rings.